The van der Waals surface area contributed by atoms with Crippen LogP contribution in [0.15, 0.2) is 48.5 Å². The Morgan fingerprint density at radius 3 is 2.23 bits per heavy atom. The maximum Gasteiger partial charge on any atom is 0.231 e. The minimum absolute atomic E-state index is 0.264. The molecule has 2 fully saturated rings. The van der Waals surface area contributed by atoms with Crippen LogP contribution in [0.25, 0.3) is 0 Å². The molecule has 1 amide bonds. The zero-order valence-electron chi connectivity index (χ0n) is 18.8. The van der Waals surface area contributed by atoms with Gasteiger partial charge in [-0.05, 0) is 44.7 Å². The average Bonchev–Trinajstić information content (AvgIpc) is 3.28. The molecule has 2 aromatic carbocycles. The van der Waals surface area contributed by atoms with Gasteiger partial charge < -0.3 is 20.1 Å². The van der Waals surface area contributed by atoms with Crippen LogP contribution in [0.4, 0.5) is 5.69 Å². The van der Waals surface area contributed by atoms with Crippen LogP contribution in [-0.4, -0.2) is 56.7 Å². The highest BCUT2D eigenvalue weighted by Crippen LogP contribution is 2.35. The van der Waals surface area contributed by atoms with Gasteiger partial charge in [-0.15, -0.1) is 0 Å². The van der Waals surface area contributed by atoms with Gasteiger partial charge in [0.1, 0.15) is 0 Å². The standard InChI is InChI=1S/C18H27N3O3.C7H8/c1-23-16-7-6-14(12-17(16)24-15-4-2-3-5-15)21-10-8-20(9-11-21)13-18(19)22;1-7-5-3-2-4-6-7/h6-7,12,15H,2-5,8-11,13H2,1H3,(H2,19,22);2-6H,1H3. The highest BCUT2D eigenvalue weighted by atomic mass is 16.5. The number of carbonyl (C=O) groups excluding carboxylic acids is 1. The van der Waals surface area contributed by atoms with Crippen molar-refractivity contribution in [3.05, 3.63) is 54.1 Å². The van der Waals surface area contributed by atoms with E-state index in [2.05, 4.69) is 41.0 Å². The highest BCUT2D eigenvalue weighted by Gasteiger charge is 2.22. The molecule has 1 saturated heterocycles. The van der Waals surface area contributed by atoms with Crippen LogP contribution in [0.1, 0.15) is 31.2 Å². The first kappa shape index (κ1) is 22.9. The molecule has 6 heteroatoms. The van der Waals surface area contributed by atoms with Crippen LogP contribution >= 0.6 is 0 Å². The van der Waals surface area contributed by atoms with Crippen LogP contribution in [0.3, 0.4) is 0 Å². The second-order valence-corrected chi connectivity index (χ2v) is 8.24. The number of primary amides is 1. The van der Waals surface area contributed by atoms with Crippen LogP contribution in [0.2, 0.25) is 0 Å². The summed E-state index contributed by atoms with van der Waals surface area (Å²) in [7, 11) is 1.68. The van der Waals surface area contributed by atoms with Gasteiger partial charge in [0, 0.05) is 37.9 Å². The summed E-state index contributed by atoms with van der Waals surface area (Å²) in [6, 6.07) is 16.4. The molecule has 31 heavy (non-hydrogen) atoms. The summed E-state index contributed by atoms with van der Waals surface area (Å²) in [6.45, 7) is 5.86. The molecular formula is C25H35N3O3. The van der Waals surface area contributed by atoms with Gasteiger partial charge in [-0.1, -0.05) is 35.9 Å². The van der Waals surface area contributed by atoms with E-state index in [9.17, 15) is 4.79 Å². The molecule has 2 aliphatic rings. The Balaban J connectivity index is 0.000000330. The minimum atomic E-state index is -0.264. The maximum absolute atomic E-state index is 11.0. The third kappa shape index (κ3) is 7.17. The molecule has 0 spiro atoms. The largest absolute Gasteiger partial charge is 0.493 e. The lowest BCUT2D eigenvalue weighted by Gasteiger charge is -2.35. The van der Waals surface area contributed by atoms with E-state index in [0.717, 1.165) is 56.2 Å². The van der Waals surface area contributed by atoms with Crippen molar-refractivity contribution in [2.24, 2.45) is 5.73 Å². The molecule has 0 unspecified atom stereocenters. The topological polar surface area (TPSA) is 68.0 Å². The molecule has 0 radical (unpaired) electrons. The van der Waals surface area contributed by atoms with Gasteiger partial charge in [-0.2, -0.15) is 0 Å². The fraction of sp³-hybridized carbons (Fsp3) is 0.480. The average molecular weight is 426 g/mol. The summed E-state index contributed by atoms with van der Waals surface area (Å²) in [6.07, 6.45) is 5.04. The molecule has 0 atom stereocenters. The van der Waals surface area contributed by atoms with Crippen molar-refractivity contribution >= 4 is 11.6 Å². The summed E-state index contributed by atoms with van der Waals surface area (Å²) in [5.41, 5.74) is 7.74. The van der Waals surface area contributed by atoms with E-state index in [4.69, 9.17) is 15.2 Å². The summed E-state index contributed by atoms with van der Waals surface area (Å²) in [4.78, 5) is 15.4. The fourth-order valence-electron chi connectivity index (χ4n) is 4.06. The van der Waals surface area contributed by atoms with Crippen LogP contribution in [-0.2, 0) is 4.79 Å². The van der Waals surface area contributed by atoms with Crippen molar-refractivity contribution in [1.29, 1.82) is 0 Å². The van der Waals surface area contributed by atoms with E-state index in [0.29, 0.717) is 12.6 Å². The van der Waals surface area contributed by atoms with Gasteiger partial charge in [0.15, 0.2) is 11.5 Å². The van der Waals surface area contributed by atoms with E-state index >= 15 is 0 Å². The number of nitrogens with two attached hydrogens (primary N) is 1. The Kier molecular flexibility index (Phi) is 8.59. The quantitative estimate of drug-likeness (QED) is 0.766. The van der Waals surface area contributed by atoms with Crippen LogP contribution in [0.5, 0.6) is 11.5 Å². The summed E-state index contributed by atoms with van der Waals surface area (Å²) < 4.78 is 11.6. The van der Waals surface area contributed by atoms with Crippen molar-refractivity contribution in [2.45, 2.75) is 38.7 Å². The van der Waals surface area contributed by atoms with Crippen molar-refractivity contribution < 1.29 is 14.3 Å². The number of hydrogen-bond acceptors (Lipinski definition) is 5. The highest BCUT2D eigenvalue weighted by molar-refractivity contribution is 5.76. The molecule has 1 saturated carbocycles. The minimum Gasteiger partial charge on any atom is -0.493 e. The molecule has 2 N–H and O–H groups in total. The number of nitrogens with zero attached hydrogens (tertiary/aromatic N) is 2. The molecule has 1 heterocycles. The number of rotatable bonds is 6. The Hall–Kier alpha value is -2.73. The monoisotopic (exact) mass is 425 g/mol. The van der Waals surface area contributed by atoms with Crippen LogP contribution in [0, 0.1) is 6.92 Å². The van der Waals surface area contributed by atoms with Crippen LogP contribution < -0.4 is 20.1 Å². The van der Waals surface area contributed by atoms with Crippen molar-refractivity contribution in [2.75, 3.05) is 44.7 Å². The SMILES string of the molecule is COc1ccc(N2CCN(CC(N)=O)CC2)cc1OC1CCCC1.Cc1ccccc1. The van der Waals surface area contributed by atoms with Gasteiger partial charge >= 0.3 is 0 Å². The van der Waals surface area contributed by atoms with Gasteiger partial charge in [-0.3, -0.25) is 9.69 Å². The number of amides is 1. The molecule has 168 valence electrons. The van der Waals surface area contributed by atoms with Gasteiger partial charge in [-0.25, -0.2) is 0 Å². The molecule has 0 aromatic heterocycles. The second-order valence-electron chi connectivity index (χ2n) is 8.24. The predicted octanol–water partition coefficient (Wildman–Crippen LogP) is 3.62. The third-order valence-electron chi connectivity index (χ3n) is 5.80. The Morgan fingerprint density at radius 2 is 1.68 bits per heavy atom. The zero-order chi connectivity index (χ0) is 22.1. The van der Waals surface area contributed by atoms with Gasteiger partial charge in [0.2, 0.25) is 5.91 Å². The normalized spacial score (nSPS) is 17.0. The van der Waals surface area contributed by atoms with Gasteiger partial charge in [0.25, 0.3) is 0 Å². The first-order chi connectivity index (χ1) is 15.0. The lowest BCUT2D eigenvalue weighted by atomic mass is 10.2. The third-order valence-corrected chi connectivity index (χ3v) is 5.80. The lowest BCUT2D eigenvalue weighted by molar-refractivity contribution is -0.119. The maximum atomic E-state index is 11.0. The number of hydrogen-bond donors (Lipinski definition) is 1. The van der Waals surface area contributed by atoms with Crippen molar-refractivity contribution in [3.63, 3.8) is 0 Å². The molecule has 4 rings (SSSR count). The number of benzene rings is 2. The summed E-state index contributed by atoms with van der Waals surface area (Å²) in [5, 5.41) is 0. The molecule has 0 bridgehead atoms. The number of piperazine rings is 1. The first-order valence-electron chi connectivity index (χ1n) is 11.2. The van der Waals surface area contributed by atoms with Gasteiger partial charge in [0.05, 0.1) is 19.8 Å². The smallest absolute Gasteiger partial charge is 0.231 e. The number of aryl methyl sites for hydroxylation is 1. The second kappa shape index (κ2) is 11.6. The molecule has 1 aliphatic heterocycles. The molecule has 6 nitrogen and oxygen atoms in total. The Labute approximate surface area is 185 Å². The molecule has 2 aromatic rings. The number of anilines is 1. The zero-order valence-corrected chi connectivity index (χ0v) is 18.8. The van der Waals surface area contributed by atoms with Crippen molar-refractivity contribution in [1.82, 2.24) is 4.90 Å². The lowest BCUT2D eigenvalue weighted by Crippen LogP contribution is -2.48. The number of methoxy groups -OCH3 is 1. The molecular weight excluding hydrogens is 390 g/mol. The van der Waals surface area contributed by atoms with E-state index in [-0.39, 0.29) is 5.91 Å². The first-order valence-corrected chi connectivity index (χ1v) is 11.2. The summed E-state index contributed by atoms with van der Waals surface area (Å²) >= 11 is 0. The van der Waals surface area contributed by atoms with E-state index in [1.54, 1.807) is 7.11 Å². The fourth-order valence-corrected chi connectivity index (χ4v) is 4.06. The Bertz CT molecular complexity index is 814. The van der Waals surface area contributed by atoms with E-state index in [1.807, 2.05) is 24.3 Å². The molecule has 1 aliphatic carbocycles. The Morgan fingerprint density at radius 1 is 1.00 bits per heavy atom. The number of carbonyl (C=O) groups is 1. The van der Waals surface area contributed by atoms with Crippen molar-refractivity contribution in [3.8, 4) is 11.5 Å². The van der Waals surface area contributed by atoms with E-state index in [1.165, 1.54) is 18.4 Å². The summed E-state index contributed by atoms with van der Waals surface area (Å²) in [5.74, 6) is 1.36. The predicted molar refractivity (Wildman–Crippen MR) is 125 cm³/mol. The van der Waals surface area contributed by atoms with E-state index < -0.39 is 0 Å². The number of ether oxygens (including phenoxy) is 2.